The lowest BCUT2D eigenvalue weighted by Crippen LogP contribution is -2.49. The topological polar surface area (TPSA) is 45.7 Å². The molecular formula is C19H29BrIN3O. The van der Waals surface area contributed by atoms with Gasteiger partial charge in [0.2, 0.25) is 0 Å². The van der Waals surface area contributed by atoms with E-state index in [9.17, 15) is 0 Å². The molecule has 2 fully saturated rings. The van der Waals surface area contributed by atoms with Crippen LogP contribution in [0.5, 0.6) is 0 Å². The van der Waals surface area contributed by atoms with E-state index in [1.54, 1.807) is 0 Å². The first-order chi connectivity index (χ1) is 11.7. The highest BCUT2D eigenvalue weighted by Gasteiger charge is 2.34. The van der Waals surface area contributed by atoms with Gasteiger partial charge in [-0.1, -0.05) is 34.5 Å². The molecule has 0 aromatic heterocycles. The fraction of sp³-hybridized carbons (Fsp3) is 0.632. The number of ether oxygens (including phenoxy) is 1. The highest BCUT2D eigenvalue weighted by molar-refractivity contribution is 14.0. The quantitative estimate of drug-likeness (QED) is 0.348. The summed E-state index contributed by atoms with van der Waals surface area (Å²) in [5.74, 6) is 1.75. The Bertz CT molecular complexity index is 554. The van der Waals surface area contributed by atoms with Crippen LogP contribution in [0.15, 0.2) is 33.7 Å². The molecule has 0 bridgehead atoms. The van der Waals surface area contributed by atoms with E-state index in [0.717, 1.165) is 55.5 Å². The first-order valence-corrected chi connectivity index (χ1v) is 9.79. The number of nitrogens with one attached hydrogen (secondary N) is 2. The maximum atomic E-state index is 5.62. The van der Waals surface area contributed by atoms with Crippen LogP contribution in [-0.4, -0.2) is 39.3 Å². The second kappa shape index (κ2) is 10.1. The number of aliphatic imine (C=N–C) groups is 1. The van der Waals surface area contributed by atoms with Crippen molar-refractivity contribution in [2.24, 2.45) is 10.9 Å². The lowest BCUT2D eigenvalue weighted by Gasteiger charge is -2.38. The molecule has 1 aliphatic carbocycles. The number of hydrogen-bond acceptors (Lipinski definition) is 2. The van der Waals surface area contributed by atoms with Crippen molar-refractivity contribution in [1.82, 2.24) is 10.6 Å². The standard InChI is InChI=1S/C19H28BrN3O.HI/c1-21-18(22-13-15-3-2-4-15)23-14-19(9-11-24-12-10-19)16-5-7-17(20)8-6-16;/h5-8,15H,2-4,9-14H2,1H3,(H2,21,22,23);1H. The number of halogens is 2. The molecule has 140 valence electrons. The van der Waals surface area contributed by atoms with E-state index in [1.165, 1.54) is 24.8 Å². The second-order valence-corrected chi connectivity index (χ2v) is 7.92. The third-order valence-corrected chi connectivity index (χ3v) is 6.04. The number of rotatable bonds is 5. The third kappa shape index (κ3) is 5.57. The highest BCUT2D eigenvalue weighted by Crippen LogP contribution is 2.35. The van der Waals surface area contributed by atoms with E-state index in [2.05, 4.69) is 55.8 Å². The van der Waals surface area contributed by atoms with Gasteiger partial charge in [0.05, 0.1) is 0 Å². The highest BCUT2D eigenvalue weighted by atomic mass is 127. The van der Waals surface area contributed by atoms with Gasteiger partial charge in [0.1, 0.15) is 0 Å². The minimum Gasteiger partial charge on any atom is -0.381 e. The van der Waals surface area contributed by atoms with Crippen LogP contribution >= 0.6 is 39.9 Å². The van der Waals surface area contributed by atoms with Gasteiger partial charge in [0.25, 0.3) is 0 Å². The van der Waals surface area contributed by atoms with Gasteiger partial charge in [-0.05, 0) is 49.3 Å². The summed E-state index contributed by atoms with van der Waals surface area (Å²) in [6.07, 6.45) is 6.17. The number of guanidine groups is 1. The predicted molar refractivity (Wildman–Crippen MR) is 118 cm³/mol. The van der Waals surface area contributed by atoms with Crippen molar-refractivity contribution in [3.63, 3.8) is 0 Å². The van der Waals surface area contributed by atoms with Gasteiger partial charge in [-0.2, -0.15) is 0 Å². The molecule has 6 heteroatoms. The zero-order valence-corrected chi connectivity index (χ0v) is 18.8. The monoisotopic (exact) mass is 521 g/mol. The predicted octanol–water partition coefficient (Wildman–Crippen LogP) is 4.08. The molecule has 1 saturated carbocycles. The van der Waals surface area contributed by atoms with Crippen LogP contribution in [0.1, 0.15) is 37.7 Å². The lowest BCUT2D eigenvalue weighted by atomic mass is 9.74. The summed E-state index contributed by atoms with van der Waals surface area (Å²) in [5, 5.41) is 7.06. The summed E-state index contributed by atoms with van der Waals surface area (Å²) in [6, 6.07) is 8.75. The molecule has 2 N–H and O–H groups in total. The van der Waals surface area contributed by atoms with Crippen molar-refractivity contribution in [2.75, 3.05) is 33.4 Å². The van der Waals surface area contributed by atoms with Gasteiger partial charge in [-0.25, -0.2) is 0 Å². The van der Waals surface area contributed by atoms with E-state index in [-0.39, 0.29) is 29.4 Å². The van der Waals surface area contributed by atoms with Crippen LogP contribution in [0.25, 0.3) is 0 Å². The van der Waals surface area contributed by atoms with Gasteiger partial charge < -0.3 is 15.4 Å². The van der Waals surface area contributed by atoms with Gasteiger partial charge >= 0.3 is 0 Å². The first-order valence-electron chi connectivity index (χ1n) is 9.00. The van der Waals surface area contributed by atoms with E-state index in [4.69, 9.17) is 4.74 Å². The van der Waals surface area contributed by atoms with Crippen molar-refractivity contribution in [3.05, 3.63) is 34.3 Å². The van der Waals surface area contributed by atoms with Crippen LogP contribution in [-0.2, 0) is 10.2 Å². The van der Waals surface area contributed by atoms with Crippen LogP contribution in [0, 0.1) is 5.92 Å². The molecular weight excluding hydrogens is 493 g/mol. The van der Waals surface area contributed by atoms with Crippen molar-refractivity contribution < 1.29 is 4.74 Å². The molecule has 25 heavy (non-hydrogen) atoms. The van der Waals surface area contributed by atoms with Gasteiger partial charge in [-0.15, -0.1) is 24.0 Å². The maximum Gasteiger partial charge on any atom is 0.191 e. The Balaban J connectivity index is 0.00000225. The third-order valence-electron chi connectivity index (χ3n) is 5.51. The summed E-state index contributed by atoms with van der Waals surface area (Å²) in [4.78, 5) is 4.40. The zero-order chi connectivity index (χ0) is 16.8. The van der Waals surface area contributed by atoms with Crippen molar-refractivity contribution in [3.8, 4) is 0 Å². The molecule has 3 rings (SSSR count). The van der Waals surface area contributed by atoms with Gasteiger partial charge in [0, 0.05) is 43.2 Å². The minimum atomic E-state index is 0. The first kappa shape index (κ1) is 21.0. The Morgan fingerprint density at radius 1 is 1.20 bits per heavy atom. The summed E-state index contributed by atoms with van der Waals surface area (Å²) in [5.41, 5.74) is 1.50. The molecule has 1 saturated heterocycles. The number of nitrogens with zero attached hydrogens (tertiary/aromatic N) is 1. The molecule has 0 unspecified atom stereocenters. The van der Waals surface area contributed by atoms with E-state index in [1.807, 2.05) is 7.05 Å². The van der Waals surface area contributed by atoms with Crippen LogP contribution < -0.4 is 10.6 Å². The van der Waals surface area contributed by atoms with Crippen molar-refractivity contribution in [1.29, 1.82) is 0 Å². The van der Waals surface area contributed by atoms with Gasteiger partial charge in [0.15, 0.2) is 5.96 Å². The molecule has 1 heterocycles. The maximum absolute atomic E-state index is 5.62. The Morgan fingerprint density at radius 2 is 1.88 bits per heavy atom. The second-order valence-electron chi connectivity index (χ2n) is 7.00. The van der Waals surface area contributed by atoms with Crippen LogP contribution in [0.2, 0.25) is 0 Å². The number of benzene rings is 1. The minimum absolute atomic E-state index is 0. The molecule has 0 amide bonds. The van der Waals surface area contributed by atoms with E-state index >= 15 is 0 Å². The van der Waals surface area contributed by atoms with Crippen molar-refractivity contribution >= 4 is 45.9 Å². The molecule has 1 aromatic carbocycles. The molecule has 0 atom stereocenters. The summed E-state index contributed by atoms with van der Waals surface area (Å²) in [6.45, 7) is 3.58. The molecule has 2 aliphatic rings. The molecule has 1 aliphatic heterocycles. The van der Waals surface area contributed by atoms with Gasteiger partial charge in [-0.3, -0.25) is 4.99 Å². The smallest absolute Gasteiger partial charge is 0.191 e. The zero-order valence-electron chi connectivity index (χ0n) is 14.9. The summed E-state index contributed by atoms with van der Waals surface area (Å²) < 4.78 is 6.75. The SMILES string of the molecule is CN=C(NCC1CCC1)NCC1(c2ccc(Br)cc2)CCOCC1.I. The fourth-order valence-corrected chi connectivity index (χ4v) is 3.81. The van der Waals surface area contributed by atoms with E-state index in [0.29, 0.717) is 0 Å². The van der Waals surface area contributed by atoms with Crippen LogP contribution in [0.3, 0.4) is 0 Å². The number of hydrogen-bond donors (Lipinski definition) is 2. The average Bonchev–Trinajstić information content (AvgIpc) is 2.58. The van der Waals surface area contributed by atoms with E-state index < -0.39 is 0 Å². The fourth-order valence-electron chi connectivity index (χ4n) is 3.54. The molecule has 0 spiro atoms. The largest absolute Gasteiger partial charge is 0.381 e. The lowest BCUT2D eigenvalue weighted by molar-refractivity contribution is 0.0513. The Labute approximate surface area is 176 Å². The normalized spacial score (nSPS) is 20.3. The molecule has 0 radical (unpaired) electrons. The molecule has 4 nitrogen and oxygen atoms in total. The van der Waals surface area contributed by atoms with Crippen molar-refractivity contribution in [2.45, 2.75) is 37.5 Å². The van der Waals surface area contributed by atoms with Crippen LogP contribution in [0.4, 0.5) is 0 Å². The summed E-state index contributed by atoms with van der Waals surface area (Å²) in [7, 11) is 1.85. The Hall–Kier alpha value is -0.340. The summed E-state index contributed by atoms with van der Waals surface area (Å²) >= 11 is 3.54. The average molecular weight is 522 g/mol. The Kier molecular flexibility index (Phi) is 8.48. The molecule has 1 aromatic rings. The Morgan fingerprint density at radius 3 is 2.44 bits per heavy atom.